The van der Waals surface area contributed by atoms with E-state index in [1.807, 2.05) is 0 Å². The van der Waals surface area contributed by atoms with Gasteiger partial charge in [0, 0.05) is 0 Å². The van der Waals surface area contributed by atoms with E-state index in [0.29, 0.717) is 0 Å². The fourth-order valence-electron chi connectivity index (χ4n) is 7.55. The minimum atomic E-state index is -2.55. The van der Waals surface area contributed by atoms with Crippen molar-refractivity contribution in [3.05, 3.63) is 115 Å². The fourth-order valence-corrected chi connectivity index (χ4v) is 13.0. The average Bonchev–Trinajstić information content (AvgIpc) is 3.48. The minimum absolute atomic E-state index is 1.17. The number of fused-ring (bicyclic) bond motifs is 4. The van der Waals surface area contributed by atoms with Crippen LogP contribution in [0.25, 0.3) is 22.5 Å². The van der Waals surface area contributed by atoms with E-state index in [2.05, 4.69) is 130 Å². The quantitative estimate of drug-likeness (QED) is 0.143. The molecule has 3 aromatic carbocycles. The molecule has 2 aromatic heterocycles. The Morgan fingerprint density at radius 3 is 1.75 bits per heavy atom. The molecule has 5 heterocycles. The van der Waals surface area contributed by atoms with E-state index in [-0.39, 0.29) is 0 Å². The van der Waals surface area contributed by atoms with Crippen molar-refractivity contribution in [1.29, 1.82) is 0 Å². The van der Waals surface area contributed by atoms with Crippen molar-refractivity contribution >= 4 is 35.2 Å². The van der Waals surface area contributed by atoms with Crippen molar-refractivity contribution < 1.29 is 8.68 Å². The van der Waals surface area contributed by atoms with Crippen LogP contribution in [-0.2, 0) is 6.42 Å². The fraction of sp³-hybridized carbons (Fsp3) is 0.222. The van der Waals surface area contributed by atoms with Gasteiger partial charge in [-0.1, -0.05) is 19.8 Å². The molecule has 0 amide bonds. The van der Waals surface area contributed by atoms with Gasteiger partial charge in [-0.05, 0) is 0 Å². The molecule has 0 unspecified atom stereocenters. The zero-order chi connectivity index (χ0) is 26.7. The van der Waals surface area contributed by atoms with Crippen molar-refractivity contribution in [3.8, 4) is 22.5 Å². The summed E-state index contributed by atoms with van der Waals surface area (Å²) in [5.74, 6) is 0. The number of benzene rings is 3. The maximum absolute atomic E-state index is 2.64. The molecular weight excluding hydrogens is 505 g/mol. The molecule has 3 aliphatic heterocycles. The summed E-state index contributed by atoms with van der Waals surface area (Å²) in [7, 11) is -2.55. The average molecular weight is 542 g/mol. The first-order valence-corrected chi connectivity index (χ1v) is 16.9. The Hall–Kier alpha value is -3.81. The van der Waals surface area contributed by atoms with E-state index < -0.39 is 7.56 Å². The van der Waals surface area contributed by atoms with Crippen molar-refractivity contribution in [1.82, 2.24) is 0 Å². The first kappa shape index (κ1) is 24.0. The molecule has 0 N–H and O–H groups in total. The van der Waals surface area contributed by atoms with Crippen LogP contribution in [0.3, 0.4) is 0 Å². The number of rotatable bonds is 8. The van der Waals surface area contributed by atoms with E-state index in [9.17, 15) is 0 Å². The molecule has 0 fully saturated rings. The molecule has 40 heavy (non-hydrogen) atoms. The van der Waals surface area contributed by atoms with Crippen LogP contribution in [0.1, 0.15) is 51.0 Å². The molecular formula is C36H36N3P+2. The van der Waals surface area contributed by atoms with Gasteiger partial charge in [0.05, 0.1) is 0 Å². The Morgan fingerprint density at radius 2 is 1.15 bits per heavy atom. The van der Waals surface area contributed by atoms with Gasteiger partial charge in [0.15, 0.2) is 0 Å². The molecule has 0 radical (unpaired) electrons. The van der Waals surface area contributed by atoms with Crippen molar-refractivity contribution in [2.45, 2.75) is 51.9 Å². The topological polar surface area (TPSA) is 11.0 Å². The molecule has 0 bridgehead atoms. The Labute approximate surface area is 237 Å². The van der Waals surface area contributed by atoms with Crippen LogP contribution in [0, 0.1) is 0 Å². The number of hydrogen-bond donors (Lipinski definition) is 0. The third-order valence-corrected chi connectivity index (χ3v) is 13.9. The van der Waals surface area contributed by atoms with Gasteiger partial charge in [0.25, 0.3) is 0 Å². The van der Waals surface area contributed by atoms with Crippen LogP contribution < -0.4 is 24.2 Å². The molecule has 1 spiro atoms. The van der Waals surface area contributed by atoms with Gasteiger partial charge in [-0.3, -0.25) is 0 Å². The van der Waals surface area contributed by atoms with Gasteiger partial charge in [0.1, 0.15) is 0 Å². The predicted octanol–water partition coefficient (Wildman–Crippen LogP) is 7.54. The van der Waals surface area contributed by atoms with E-state index in [1.54, 1.807) is 0 Å². The predicted molar refractivity (Wildman–Crippen MR) is 168 cm³/mol. The summed E-state index contributed by atoms with van der Waals surface area (Å²) in [6, 6.07) is 36.7. The number of aryl methyl sites for hydroxylation is 1. The zero-order valence-corrected chi connectivity index (χ0v) is 24.2. The van der Waals surface area contributed by atoms with Gasteiger partial charge in [0.2, 0.25) is 0 Å². The number of anilines is 3. The standard InChI is InChI=1S/C36H36N3P/c1-2-3-4-5-6-7-14-27-21-23-28(24-22-27)39-33-19-12-15-29-31-17-8-10-25-37(31)40(35(29)33)36-30(16-13-20-34(36)39)32-18-9-11-26-38(32)40/h8-13,15-26,40H,2-7,14H2,1H3/q+2. The second kappa shape index (κ2) is 9.39. The maximum atomic E-state index is 2.64. The SMILES string of the molecule is CCCCCCCCc1ccc(N2c3cccc4c3[PH]3(c5c(cccc52)-c2cccc[n+]23)[n+]2ccccc2-4)cc1. The van der Waals surface area contributed by atoms with Crippen LogP contribution in [0.15, 0.2) is 109 Å². The Morgan fingerprint density at radius 1 is 0.575 bits per heavy atom. The molecule has 3 aliphatic rings. The third kappa shape index (κ3) is 3.22. The summed E-state index contributed by atoms with van der Waals surface area (Å²) in [6.07, 6.45) is 13.9. The van der Waals surface area contributed by atoms with Gasteiger partial charge in [-0.2, -0.15) is 0 Å². The first-order valence-electron chi connectivity index (χ1n) is 15.0. The van der Waals surface area contributed by atoms with Crippen molar-refractivity contribution in [2.24, 2.45) is 0 Å². The van der Waals surface area contributed by atoms with Crippen molar-refractivity contribution in [3.63, 3.8) is 0 Å². The summed E-state index contributed by atoms with van der Waals surface area (Å²) >= 11 is 0. The first-order chi connectivity index (χ1) is 19.8. The Kier molecular flexibility index (Phi) is 5.64. The summed E-state index contributed by atoms with van der Waals surface area (Å²) in [6.45, 7) is 2.29. The second-order valence-corrected chi connectivity index (χ2v) is 14.8. The molecule has 8 rings (SSSR count). The van der Waals surface area contributed by atoms with Crippen LogP contribution in [-0.4, -0.2) is 0 Å². The normalized spacial score (nSPS) is 15.3. The third-order valence-electron chi connectivity index (χ3n) is 9.25. The van der Waals surface area contributed by atoms with Gasteiger partial charge < -0.3 is 0 Å². The monoisotopic (exact) mass is 541 g/mol. The molecule has 5 aromatic rings. The number of pyridine rings is 2. The molecule has 0 aliphatic carbocycles. The van der Waals surface area contributed by atoms with E-state index in [1.165, 1.54) is 101 Å². The van der Waals surface area contributed by atoms with Gasteiger partial charge in [-0.15, -0.1) is 0 Å². The number of nitrogens with zero attached hydrogens (tertiary/aromatic N) is 3. The molecule has 198 valence electrons. The van der Waals surface area contributed by atoms with Crippen LogP contribution in [0.4, 0.5) is 17.1 Å². The molecule has 0 saturated heterocycles. The van der Waals surface area contributed by atoms with Crippen LogP contribution >= 0.6 is 7.56 Å². The molecule has 4 heteroatoms. The number of aromatic nitrogens is 2. The molecule has 0 saturated carbocycles. The zero-order valence-electron chi connectivity index (χ0n) is 23.2. The van der Waals surface area contributed by atoms with Crippen LogP contribution in [0.5, 0.6) is 0 Å². The molecule has 3 nitrogen and oxygen atoms in total. The van der Waals surface area contributed by atoms with Crippen LogP contribution in [0.2, 0.25) is 0 Å². The second-order valence-electron chi connectivity index (χ2n) is 11.5. The Balaban J connectivity index is 1.27. The number of hydrogen-bond acceptors (Lipinski definition) is 1. The summed E-state index contributed by atoms with van der Waals surface area (Å²) in [5, 5.41) is 3.01. The summed E-state index contributed by atoms with van der Waals surface area (Å²) < 4.78 is 5.28. The summed E-state index contributed by atoms with van der Waals surface area (Å²) in [4.78, 5) is 2.54. The summed E-state index contributed by atoms with van der Waals surface area (Å²) in [5.41, 5.74) is 10.7. The van der Waals surface area contributed by atoms with Gasteiger partial charge in [-0.25, -0.2) is 0 Å². The van der Waals surface area contributed by atoms with E-state index >= 15 is 0 Å². The van der Waals surface area contributed by atoms with Crippen molar-refractivity contribution in [2.75, 3.05) is 4.90 Å². The molecule has 0 atom stereocenters. The Bertz CT molecular complexity index is 1660. The number of unbranched alkanes of at least 4 members (excludes halogenated alkanes) is 5. The van der Waals surface area contributed by atoms with E-state index in [4.69, 9.17) is 0 Å². The van der Waals surface area contributed by atoms with Gasteiger partial charge >= 0.3 is 218 Å². The van der Waals surface area contributed by atoms with E-state index in [0.717, 1.165) is 0 Å².